The normalized spacial score (nSPS) is 12.5. The minimum atomic E-state index is -0.905. The first kappa shape index (κ1) is 7.95. The summed E-state index contributed by atoms with van der Waals surface area (Å²) >= 11 is 0. The number of rotatable bonds is 2. The number of hydrogen-bond acceptors (Lipinski definition) is 1. The molecule has 0 aliphatic heterocycles. The van der Waals surface area contributed by atoms with E-state index in [2.05, 4.69) is 6.92 Å². The number of carbonyl (C=O) groups is 1. The molecule has 0 spiro atoms. The molecular weight excluding hydrogens is 138 g/mol. The highest BCUT2D eigenvalue weighted by atomic mass is 16.1. The molecule has 0 aromatic heterocycles. The third-order valence-electron chi connectivity index (χ3n) is 1.37. The van der Waals surface area contributed by atoms with Gasteiger partial charge in [-0.1, -0.05) is 30.3 Å². The lowest BCUT2D eigenvalue weighted by atomic mass is 10.1. The van der Waals surface area contributed by atoms with Crippen molar-refractivity contribution in [2.45, 2.75) is 6.04 Å². The van der Waals surface area contributed by atoms with Crippen molar-refractivity contribution in [3.8, 4) is 0 Å². The maximum absolute atomic E-state index is 11.1. The molecule has 2 nitrogen and oxygen atoms in total. The van der Waals surface area contributed by atoms with Crippen LogP contribution >= 0.6 is 0 Å². The molecule has 0 heterocycles. The fraction of sp³-hybridized carbons (Fsp3) is 0.111. The van der Waals surface area contributed by atoms with Gasteiger partial charge in [-0.25, -0.2) is 5.73 Å². The molecule has 2 radical (unpaired) electrons. The maximum atomic E-state index is 11.1. The molecule has 0 fully saturated rings. The standard InChI is InChI=1S/C9H9NO/c1-7(10)9(11)8-5-3-2-4-6-8/h2-7,10H,1H2. The molecule has 0 saturated carbocycles. The van der Waals surface area contributed by atoms with Gasteiger partial charge in [-0.2, -0.15) is 0 Å². The topological polar surface area (TPSA) is 40.9 Å². The Morgan fingerprint density at radius 3 is 2.36 bits per heavy atom. The van der Waals surface area contributed by atoms with Crippen LogP contribution in [-0.4, -0.2) is 11.8 Å². The average Bonchev–Trinajstić information content (AvgIpc) is 2.05. The molecule has 2 heteroatoms. The van der Waals surface area contributed by atoms with Crippen molar-refractivity contribution in [2.24, 2.45) is 0 Å². The van der Waals surface area contributed by atoms with Crippen LogP contribution in [0.2, 0.25) is 0 Å². The van der Waals surface area contributed by atoms with Crippen LogP contribution in [0.1, 0.15) is 10.4 Å². The summed E-state index contributed by atoms with van der Waals surface area (Å²) in [6, 6.07) is 7.85. The van der Waals surface area contributed by atoms with Crippen LogP contribution in [0.4, 0.5) is 0 Å². The Hall–Kier alpha value is -1.15. The Morgan fingerprint density at radius 2 is 1.91 bits per heavy atom. The van der Waals surface area contributed by atoms with Crippen molar-refractivity contribution < 1.29 is 4.79 Å². The summed E-state index contributed by atoms with van der Waals surface area (Å²) < 4.78 is 0. The Morgan fingerprint density at radius 1 is 1.36 bits per heavy atom. The lowest BCUT2D eigenvalue weighted by Crippen LogP contribution is -2.17. The molecule has 1 rings (SSSR count). The van der Waals surface area contributed by atoms with Crippen LogP contribution in [0.15, 0.2) is 30.3 Å². The van der Waals surface area contributed by atoms with Crippen molar-refractivity contribution in [1.29, 1.82) is 0 Å². The van der Waals surface area contributed by atoms with Crippen molar-refractivity contribution in [2.75, 3.05) is 0 Å². The van der Waals surface area contributed by atoms with Gasteiger partial charge in [-0.05, 0) is 6.92 Å². The van der Waals surface area contributed by atoms with E-state index in [0.717, 1.165) is 0 Å². The molecule has 1 aromatic rings. The predicted octanol–water partition coefficient (Wildman–Crippen LogP) is 1.35. The second-order valence-corrected chi connectivity index (χ2v) is 2.28. The molecule has 0 amide bonds. The summed E-state index contributed by atoms with van der Waals surface area (Å²) in [5, 5.41) is 0. The van der Waals surface area contributed by atoms with Gasteiger partial charge in [0.2, 0.25) is 0 Å². The second kappa shape index (κ2) is 3.30. The zero-order valence-corrected chi connectivity index (χ0v) is 6.08. The second-order valence-electron chi connectivity index (χ2n) is 2.28. The summed E-state index contributed by atoms with van der Waals surface area (Å²) in [7, 11) is 0. The summed E-state index contributed by atoms with van der Waals surface area (Å²) in [4.78, 5) is 11.1. The van der Waals surface area contributed by atoms with Crippen LogP contribution in [0.3, 0.4) is 0 Å². The van der Waals surface area contributed by atoms with Gasteiger partial charge in [0.25, 0.3) is 0 Å². The van der Waals surface area contributed by atoms with Crippen LogP contribution < -0.4 is 5.73 Å². The Kier molecular flexibility index (Phi) is 2.39. The van der Waals surface area contributed by atoms with Gasteiger partial charge < -0.3 is 0 Å². The lowest BCUT2D eigenvalue weighted by molar-refractivity contribution is 0.0974. The number of hydrogen-bond donors (Lipinski definition) is 0. The van der Waals surface area contributed by atoms with E-state index in [-0.39, 0.29) is 5.78 Å². The van der Waals surface area contributed by atoms with E-state index in [4.69, 9.17) is 5.73 Å². The first-order valence-corrected chi connectivity index (χ1v) is 3.35. The largest absolute Gasteiger partial charge is 0.292 e. The Bertz CT molecular complexity index is 241. The molecular formula is C9H9NO. The molecule has 56 valence electrons. The van der Waals surface area contributed by atoms with E-state index in [9.17, 15) is 4.79 Å². The fourth-order valence-corrected chi connectivity index (χ4v) is 0.804. The third kappa shape index (κ3) is 1.88. The zero-order chi connectivity index (χ0) is 8.27. The highest BCUT2D eigenvalue weighted by Gasteiger charge is 2.09. The summed E-state index contributed by atoms with van der Waals surface area (Å²) in [6.45, 7) is 3.33. The van der Waals surface area contributed by atoms with Gasteiger partial charge in [0.1, 0.15) is 0 Å². The minimum Gasteiger partial charge on any atom is -0.292 e. The van der Waals surface area contributed by atoms with Crippen LogP contribution in [0.5, 0.6) is 0 Å². The monoisotopic (exact) mass is 147 g/mol. The molecule has 0 aliphatic rings. The molecule has 1 atom stereocenters. The third-order valence-corrected chi connectivity index (χ3v) is 1.37. The maximum Gasteiger partial charge on any atom is 0.181 e. The first-order valence-electron chi connectivity index (χ1n) is 3.35. The van der Waals surface area contributed by atoms with Crippen molar-refractivity contribution in [3.63, 3.8) is 0 Å². The molecule has 0 aliphatic carbocycles. The Balaban J connectivity index is 2.86. The van der Waals surface area contributed by atoms with Crippen LogP contribution in [-0.2, 0) is 0 Å². The van der Waals surface area contributed by atoms with Crippen molar-refractivity contribution >= 4 is 5.78 Å². The van der Waals surface area contributed by atoms with E-state index < -0.39 is 6.04 Å². The fourth-order valence-electron chi connectivity index (χ4n) is 0.804. The minimum absolute atomic E-state index is 0.231. The number of benzene rings is 1. The quantitative estimate of drug-likeness (QED) is 0.582. The summed E-state index contributed by atoms with van der Waals surface area (Å²) in [6.07, 6.45) is 0. The van der Waals surface area contributed by atoms with Gasteiger partial charge in [0.05, 0.1) is 6.04 Å². The van der Waals surface area contributed by atoms with Gasteiger partial charge in [0.15, 0.2) is 5.78 Å². The number of Topliss-reactive ketones (excluding diaryl/α,β-unsaturated/α-hetero) is 1. The van der Waals surface area contributed by atoms with Gasteiger partial charge in [0, 0.05) is 5.56 Å². The van der Waals surface area contributed by atoms with Gasteiger partial charge in [-0.15, -0.1) is 0 Å². The van der Waals surface area contributed by atoms with Crippen LogP contribution in [0, 0.1) is 6.92 Å². The van der Waals surface area contributed by atoms with E-state index in [1.54, 1.807) is 24.3 Å². The van der Waals surface area contributed by atoms with E-state index >= 15 is 0 Å². The predicted molar refractivity (Wildman–Crippen MR) is 43.0 cm³/mol. The van der Waals surface area contributed by atoms with Crippen molar-refractivity contribution in [1.82, 2.24) is 5.73 Å². The summed E-state index contributed by atoms with van der Waals surface area (Å²) in [5.41, 5.74) is 7.62. The van der Waals surface area contributed by atoms with Gasteiger partial charge >= 0.3 is 0 Å². The molecule has 1 N–H and O–H groups in total. The number of nitrogens with one attached hydrogen (secondary N) is 1. The molecule has 1 unspecified atom stereocenters. The SMILES string of the molecule is [CH2]C([NH])C(=O)c1ccccc1. The smallest absolute Gasteiger partial charge is 0.181 e. The first-order chi connectivity index (χ1) is 5.22. The molecule has 0 bridgehead atoms. The van der Waals surface area contributed by atoms with Crippen molar-refractivity contribution in [3.05, 3.63) is 42.8 Å². The highest BCUT2D eigenvalue weighted by molar-refractivity contribution is 6.00. The van der Waals surface area contributed by atoms with E-state index in [1.807, 2.05) is 6.07 Å². The van der Waals surface area contributed by atoms with E-state index in [1.165, 1.54) is 0 Å². The van der Waals surface area contributed by atoms with E-state index in [0.29, 0.717) is 5.56 Å². The number of carbonyl (C=O) groups excluding carboxylic acids is 1. The molecule has 0 saturated heterocycles. The molecule has 11 heavy (non-hydrogen) atoms. The summed E-state index contributed by atoms with van der Waals surface area (Å²) in [5.74, 6) is -0.231. The van der Waals surface area contributed by atoms with Gasteiger partial charge in [-0.3, -0.25) is 4.79 Å². The lowest BCUT2D eigenvalue weighted by Gasteiger charge is -2.01. The molecule has 1 aromatic carbocycles. The average molecular weight is 147 g/mol. The van der Waals surface area contributed by atoms with Crippen LogP contribution in [0.25, 0.3) is 0 Å². The highest BCUT2D eigenvalue weighted by Crippen LogP contribution is 2.01. The Labute approximate surface area is 66.0 Å². The zero-order valence-electron chi connectivity index (χ0n) is 6.08. The number of ketones is 1.